The van der Waals surface area contributed by atoms with Crippen molar-refractivity contribution in [3.8, 4) is 5.75 Å². The monoisotopic (exact) mass is 284 g/mol. The van der Waals surface area contributed by atoms with Gasteiger partial charge in [0.15, 0.2) is 0 Å². The molecule has 5 nitrogen and oxygen atoms in total. The normalized spacial score (nSPS) is 11.0. The molecule has 0 atom stereocenters. The van der Waals surface area contributed by atoms with Crippen LogP contribution in [0.4, 0.5) is 5.69 Å². The van der Waals surface area contributed by atoms with Gasteiger partial charge in [-0.25, -0.2) is 4.79 Å². The lowest BCUT2D eigenvalue weighted by molar-refractivity contribution is 0.0697. The van der Waals surface area contributed by atoms with Gasteiger partial charge in [-0.15, -0.1) is 0 Å². The maximum Gasteiger partial charge on any atom is 0.335 e. The molecule has 5 heteroatoms. The van der Waals surface area contributed by atoms with Gasteiger partial charge in [0.05, 0.1) is 24.1 Å². The molecule has 2 aromatic carbocycles. The number of benzene rings is 2. The number of hydrazone groups is 1. The molecular formula is C16H16N2O3. The zero-order valence-corrected chi connectivity index (χ0v) is 11.8. The number of rotatable bonds is 5. The van der Waals surface area contributed by atoms with E-state index in [0.717, 1.165) is 17.0 Å². The highest BCUT2D eigenvalue weighted by Crippen LogP contribution is 2.14. The molecule has 0 radical (unpaired) electrons. The minimum absolute atomic E-state index is 0.217. The third-order valence-electron chi connectivity index (χ3n) is 2.95. The van der Waals surface area contributed by atoms with Crippen molar-refractivity contribution in [1.82, 2.24) is 0 Å². The number of nitrogens with one attached hydrogen (secondary N) is 1. The predicted octanol–water partition coefficient (Wildman–Crippen LogP) is 3.23. The molecule has 2 N–H and O–H groups in total. The van der Waals surface area contributed by atoms with E-state index in [0.29, 0.717) is 5.69 Å². The molecular weight excluding hydrogens is 268 g/mol. The van der Waals surface area contributed by atoms with Crippen molar-refractivity contribution in [3.05, 3.63) is 59.7 Å². The molecule has 0 aliphatic carbocycles. The number of aromatic carboxylic acids is 1. The molecule has 0 saturated heterocycles. The van der Waals surface area contributed by atoms with E-state index in [4.69, 9.17) is 9.84 Å². The Morgan fingerprint density at radius 1 is 1.14 bits per heavy atom. The molecule has 0 fully saturated rings. The van der Waals surface area contributed by atoms with Crippen molar-refractivity contribution in [1.29, 1.82) is 0 Å². The highest BCUT2D eigenvalue weighted by molar-refractivity contribution is 5.99. The summed E-state index contributed by atoms with van der Waals surface area (Å²) in [5.41, 5.74) is 5.40. The summed E-state index contributed by atoms with van der Waals surface area (Å²) < 4.78 is 5.17. The molecule has 0 bridgehead atoms. The number of carboxylic acid groups (broad SMARTS) is 1. The molecule has 0 aliphatic heterocycles. The lowest BCUT2D eigenvalue weighted by atomic mass is 10.1. The molecule has 2 aromatic rings. The largest absolute Gasteiger partial charge is 0.497 e. The Bertz CT molecular complexity index is 681. The summed E-state index contributed by atoms with van der Waals surface area (Å²) in [6.45, 7) is 1.86. The van der Waals surface area contributed by atoms with Gasteiger partial charge in [0, 0.05) is 5.56 Å². The van der Waals surface area contributed by atoms with E-state index in [-0.39, 0.29) is 5.56 Å². The van der Waals surface area contributed by atoms with Crippen LogP contribution in [0.5, 0.6) is 5.75 Å². The number of carbonyl (C=O) groups is 1. The van der Waals surface area contributed by atoms with Crippen LogP contribution in [0.1, 0.15) is 22.8 Å². The Labute approximate surface area is 122 Å². The fourth-order valence-corrected chi connectivity index (χ4v) is 1.78. The molecule has 108 valence electrons. The van der Waals surface area contributed by atoms with Crippen LogP contribution in [0.15, 0.2) is 53.6 Å². The van der Waals surface area contributed by atoms with Gasteiger partial charge in [0.2, 0.25) is 0 Å². The number of hydrogen-bond acceptors (Lipinski definition) is 4. The maximum atomic E-state index is 10.9. The lowest BCUT2D eigenvalue weighted by Gasteiger charge is -2.06. The average Bonchev–Trinajstić information content (AvgIpc) is 2.53. The Morgan fingerprint density at radius 3 is 2.57 bits per heavy atom. The minimum atomic E-state index is -0.966. The van der Waals surface area contributed by atoms with Gasteiger partial charge in [-0.05, 0) is 37.3 Å². The van der Waals surface area contributed by atoms with Crippen LogP contribution < -0.4 is 10.2 Å². The van der Waals surface area contributed by atoms with Gasteiger partial charge in [-0.3, -0.25) is 5.43 Å². The Kier molecular flexibility index (Phi) is 4.56. The standard InChI is InChI=1S/C16H16N2O3/c1-11(12-5-4-8-15(10-12)21-2)17-18-14-7-3-6-13(9-14)16(19)20/h3-10,18H,1-2H3,(H,19,20)/b17-11-. The molecule has 21 heavy (non-hydrogen) atoms. The van der Waals surface area contributed by atoms with Crippen molar-refractivity contribution in [3.63, 3.8) is 0 Å². The second-order valence-electron chi connectivity index (χ2n) is 4.43. The first-order valence-corrected chi connectivity index (χ1v) is 6.38. The number of hydrogen-bond donors (Lipinski definition) is 2. The van der Waals surface area contributed by atoms with E-state index in [1.54, 1.807) is 19.2 Å². The van der Waals surface area contributed by atoms with Crippen molar-refractivity contribution >= 4 is 17.4 Å². The van der Waals surface area contributed by atoms with Crippen LogP contribution in [0, 0.1) is 0 Å². The van der Waals surface area contributed by atoms with E-state index in [1.807, 2.05) is 31.2 Å². The fraction of sp³-hybridized carbons (Fsp3) is 0.125. The summed E-state index contributed by atoms with van der Waals surface area (Å²) in [6, 6.07) is 14.1. The molecule has 2 rings (SSSR count). The van der Waals surface area contributed by atoms with Crippen LogP contribution >= 0.6 is 0 Å². The second kappa shape index (κ2) is 6.56. The third kappa shape index (κ3) is 3.82. The van der Waals surface area contributed by atoms with Crippen LogP contribution in [-0.2, 0) is 0 Å². The summed E-state index contributed by atoms with van der Waals surface area (Å²) in [4.78, 5) is 10.9. The highest BCUT2D eigenvalue weighted by Gasteiger charge is 2.03. The lowest BCUT2D eigenvalue weighted by Crippen LogP contribution is -2.01. The Morgan fingerprint density at radius 2 is 1.86 bits per heavy atom. The van der Waals surface area contributed by atoms with E-state index in [2.05, 4.69) is 10.5 Å². The van der Waals surface area contributed by atoms with E-state index in [1.165, 1.54) is 12.1 Å². The summed E-state index contributed by atoms with van der Waals surface area (Å²) >= 11 is 0. The number of anilines is 1. The predicted molar refractivity (Wildman–Crippen MR) is 82.2 cm³/mol. The van der Waals surface area contributed by atoms with Crippen LogP contribution in [0.2, 0.25) is 0 Å². The van der Waals surface area contributed by atoms with Gasteiger partial charge in [-0.2, -0.15) is 5.10 Å². The Balaban J connectivity index is 2.16. The zero-order valence-electron chi connectivity index (χ0n) is 11.8. The molecule has 0 aromatic heterocycles. The number of nitrogens with zero attached hydrogens (tertiary/aromatic N) is 1. The van der Waals surface area contributed by atoms with Crippen molar-refractivity contribution in [2.45, 2.75) is 6.92 Å². The molecule has 0 saturated carbocycles. The quantitative estimate of drug-likeness (QED) is 0.653. The van der Waals surface area contributed by atoms with E-state index >= 15 is 0 Å². The summed E-state index contributed by atoms with van der Waals surface area (Å²) in [6.07, 6.45) is 0. The molecule has 0 aliphatic rings. The van der Waals surface area contributed by atoms with Crippen LogP contribution in [-0.4, -0.2) is 23.9 Å². The van der Waals surface area contributed by atoms with Crippen molar-refractivity contribution in [2.24, 2.45) is 5.10 Å². The summed E-state index contributed by atoms with van der Waals surface area (Å²) in [5.74, 6) is -0.206. The number of carboxylic acids is 1. The van der Waals surface area contributed by atoms with Gasteiger partial charge in [0.1, 0.15) is 5.75 Å². The molecule has 0 unspecified atom stereocenters. The number of ether oxygens (including phenoxy) is 1. The molecule has 0 heterocycles. The van der Waals surface area contributed by atoms with Gasteiger partial charge < -0.3 is 9.84 Å². The average molecular weight is 284 g/mol. The number of methoxy groups -OCH3 is 1. The molecule has 0 spiro atoms. The fourth-order valence-electron chi connectivity index (χ4n) is 1.78. The van der Waals surface area contributed by atoms with Crippen molar-refractivity contribution < 1.29 is 14.6 Å². The smallest absolute Gasteiger partial charge is 0.335 e. The third-order valence-corrected chi connectivity index (χ3v) is 2.95. The minimum Gasteiger partial charge on any atom is -0.497 e. The molecule has 0 amide bonds. The Hall–Kier alpha value is -2.82. The van der Waals surface area contributed by atoms with E-state index < -0.39 is 5.97 Å². The zero-order chi connectivity index (χ0) is 15.2. The van der Waals surface area contributed by atoms with Gasteiger partial charge in [0.25, 0.3) is 0 Å². The SMILES string of the molecule is COc1cccc(/C(C)=N\Nc2cccc(C(=O)O)c2)c1. The first-order valence-electron chi connectivity index (χ1n) is 6.38. The highest BCUT2D eigenvalue weighted by atomic mass is 16.5. The van der Waals surface area contributed by atoms with Crippen molar-refractivity contribution in [2.75, 3.05) is 12.5 Å². The second-order valence-corrected chi connectivity index (χ2v) is 4.43. The first kappa shape index (κ1) is 14.6. The van der Waals surface area contributed by atoms with Gasteiger partial charge in [-0.1, -0.05) is 18.2 Å². The van der Waals surface area contributed by atoms with Gasteiger partial charge >= 0.3 is 5.97 Å². The maximum absolute atomic E-state index is 10.9. The van der Waals surface area contributed by atoms with E-state index in [9.17, 15) is 4.79 Å². The summed E-state index contributed by atoms with van der Waals surface area (Å²) in [5, 5.41) is 13.2. The first-order chi connectivity index (χ1) is 10.1. The summed E-state index contributed by atoms with van der Waals surface area (Å²) in [7, 11) is 1.61. The van der Waals surface area contributed by atoms with Crippen LogP contribution in [0.3, 0.4) is 0 Å². The topological polar surface area (TPSA) is 70.9 Å². The van der Waals surface area contributed by atoms with Crippen LogP contribution in [0.25, 0.3) is 0 Å².